The summed E-state index contributed by atoms with van der Waals surface area (Å²) in [7, 11) is 0. The van der Waals surface area contributed by atoms with Gasteiger partial charge >= 0.3 is 0 Å². The minimum Gasteiger partial charge on any atom is -0.492 e. The number of imidazole rings is 1. The lowest BCUT2D eigenvalue weighted by Crippen LogP contribution is -2.30. The van der Waals surface area contributed by atoms with Gasteiger partial charge in [0.05, 0.1) is 24.1 Å². The van der Waals surface area contributed by atoms with Gasteiger partial charge in [0.2, 0.25) is 0 Å². The second-order valence-corrected chi connectivity index (χ2v) is 9.23. The highest BCUT2D eigenvalue weighted by Gasteiger charge is 2.13. The zero-order valence-electron chi connectivity index (χ0n) is 21.6. The zero-order chi connectivity index (χ0) is 25.5. The lowest BCUT2D eigenvalue weighted by molar-refractivity contribution is -0.123. The van der Waals surface area contributed by atoms with Crippen molar-refractivity contribution in [1.82, 2.24) is 14.9 Å². The minimum absolute atomic E-state index is 0.0414. The van der Waals surface area contributed by atoms with E-state index in [9.17, 15) is 4.79 Å². The number of carbonyl (C=O) groups is 1. The van der Waals surface area contributed by atoms with E-state index in [1.165, 1.54) is 5.56 Å². The zero-order valence-corrected chi connectivity index (χ0v) is 21.6. The Labute approximate surface area is 213 Å². The molecule has 0 aliphatic rings. The summed E-state index contributed by atoms with van der Waals surface area (Å²) in [5.74, 6) is 2.72. The Hall–Kier alpha value is -3.80. The molecule has 6 nitrogen and oxygen atoms in total. The van der Waals surface area contributed by atoms with E-state index in [-0.39, 0.29) is 12.5 Å². The van der Waals surface area contributed by atoms with E-state index >= 15 is 0 Å². The fraction of sp³-hybridized carbons (Fsp3) is 0.333. The molecule has 188 valence electrons. The van der Waals surface area contributed by atoms with Gasteiger partial charge in [-0.15, -0.1) is 0 Å². The third kappa shape index (κ3) is 6.25. The Morgan fingerprint density at radius 1 is 1.03 bits per heavy atom. The highest BCUT2D eigenvalue weighted by molar-refractivity contribution is 5.78. The molecule has 6 heteroatoms. The topological polar surface area (TPSA) is 65.4 Å². The molecule has 0 aliphatic heterocycles. The van der Waals surface area contributed by atoms with Crippen LogP contribution in [0.2, 0.25) is 0 Å². The predicted octanol–water partition coefficient (Wildman–Crippen LogP) is 5.94. The van der Waals surface area contributed by atoms with E-state index in [0.29, 0.717) is 25.6 Å². The molecule has 0 aliphatic carbocycles. The summed E-state index contributed by atoms with van der Waals surface area (Å²) in [6, 6.07) is 22.3. The average molecular weight is 486 g/mol. The van der Waals surface area contributed by atoms with Crippen molar-refractivity contribution in [2.45, 2.75) is 53.1 Å². The van der Waals surface area contributed by atoms with Gasteiger partial charge in [0, 0.05) is 0 Å². The summed E-state index contributed by atoms with van der Waals surface area (Å²) in [4.78, 5) is 17.3. The number of ether oxygens (including phenoxy) is 2. The molecular formula is C30H35N3O3. The minimum atomic E-state index is -0.188. The molecule has 0 bridgehead atoms. The van der Waals surface area contributed by atoms with Crippen LogP contribution in [0.15, 0.2) is 66.7 Å². The van der Waals surface area contributed by atoms with Crippen molar-refractivity contribution in [3.05, 3.63) is 89.2 Å². The van der Waals surface area contributed by atoms with Crippen molar-refractivity contribution < 1.29 is 14.3 Å². The van der Waals surface area contributed by atoms with Crippen LogP contribution in [0.3, 0.4) is 0 Å². The fourth-order valence-electron chi connectivity index (χ4n) is 4.13. The lowest BCUT2D eigenvalue weighted by atomic mass is 9.99. The van der Waals surface area contributed by atoms with Gasteiger partial charge in [-0.05, 0) is 73.2 Å². The quantitative estimate of drug-likeness (QED) is 0.285. The van der Waals surface area contributed by atoms with Crippen LogP contribution in [0.4, 0.5) is 0 Å². The standard InChI is InChI=1S/C30H35N3O3/c1-5-22(3)24-12-14-25(15-13-24)35-17-16-33-27-9-7-6-8-26(27)32-29(33)19-31-30(34)20-36-28-18-21(2)10-11-23(28)4/h6-15,18,22H,5,16-17,19-20H2,1-4H3,(H,31,34). The normalized spacial score (nSPS) is 11.9. The number of benzene rings is 3. The summed E-state index contributed by atoms with van der Waals surface area (Å²) in [6.45, 7) is 9.80. The van der Waals surface area contributed by atoms with Gasteiger partial charge in [0.15, 0.2) is 6.61 Å². The summed E-state index contributed by atoms with van der Waals surface area (Å²) >= 11 is 0. The number of aromatic nitrogens is 2. The van der Waals surface area contributed by atoms with E-state index in [1.807, 2.05) is 68.4 Å². The number of fused-ring (bicyclic) bond motifs is 1. The lowest BCUT2D eigenvalue weighted by Gasteiger charge is -2.13. The molecule has 1 amide bonds. The van der Waals surface area contributed by atoms with Gasteiger partial charge in [-0.1, -0.05) is 50.2 Å². The molecule has 4 rings (SSSR count). The number of hydrogen-bond acceptors (Lipinski definition) is 4. The van der Waals surface area contributed by atoms with E-state index in [1.54, 1.807) is 0 Å². The second-order valence-electron chi connectivity index (χ2n) is 9.23. The first-order valence-electron chi connectivity index (χ1n) is 12.6. The van der Waals surface area contributed by atoms with Crippen LogP contribution in [0.1, 0.15) is 48.7 Å². The van der Waals surface area contributed by atoms with Crippen molar-refractivity contribution in [2.24, 2.45) is 0 Å². The SMILES string of the molecule is CCC(C)c1ccc(OCCn2c(CNC(=O)COc3cc(C)ccc3C)nc3ccccc32)cc1. The monoisotopic (exact) mass is 485 g/mol. The molecular weight excluding hydrogens is 450 g/mol. The summed E-state index contributed by atoms with van der Waals surface area (Å²) < 4.78 is 13.9. The van der Waals surface area contributed by atoms with Crippen molar-refractivity contribution >= 4 is 16.9 Å². The number of rotatable bonds is 11. The number of amides is 1. The largest absolute Gasteiger partial charge is 0.492 e. The number of carbonyl (C=O) groups excluding carboxylic acids is 1. The molecule has 0 spiro atoms. The van der Waals surface area contributed by atoms with E-state index in [4.69, 9.17) is 14.5 Å². The summed E-state index contributed by atoms with van der Waals surface area (Å²) in [6.07, 6.45) is 1.12. The van der Waals surface area contributed by atoms with Crippen LogP contribution in [0, 0.1) is 13.8 Å². The fourth-order valence-corrected chi connectivity index (χ4v) is 4.13. The molecule has 1 atom stereocenters. The predicted molar refractivity (Wildman–Crippen MR) is 144 cm³/mol. The van der Waals surface area contributed by atoms with Gasteiger partial charge < -0.3 is 19.4 Å². The number of hydrogen-bond donors (Lipinski definition) is 1. The second kappa shape index (κ2) is 11.8. The molecule has 36 heavy (non-hydrogen) atoms. The molecule has 0 saturated carbocycles. The van der Waals surface area contributed by atoms with Gasteiger partial charge in [-0.3, -0.25) is 4.79 Å². The van der Waals surface area contributed by atoms with Crippen molar-refractivity contribution in [1.29, 1.82) is 0 Å². The van der Waals surface area contributed by atoms with Crippen LogP contribution < -0.4 is 14.8 Å². The van der Waals surface area contributed by atoms with E-state index in [0.717, 1.165) is 45.9 Å². The Balaban J connectivity index is 1.37. The van der Waals surface area contributed by atoms with Gasteiger partial charge in [0.1, 0.15) is 23.9 Å². The molecule has 3 aromatic carbocycles. The molecule has 1 heterocycles. The maximum Gasteiger partial charge on any atom is 0.258 e. The van der Waals surface area contributed by atoms with Gasteiger partial charge in [0.25, 0.3) is 5.91 Å². The first kappa shape index (κ1) is 25.3. The molecule has 4 aromatic rings. The Morgan fingerprint density at radius 3 is 2.58 bits per heavy atom. The molecule has 0 radical (unpaired) electrons. The number of nitrogens with one attached hydrogen (secondary N) is 1. The van der Waals surface area contributed by atoms with Gasteiger partial charge in [-0.2, -0.15) is 0 Å². The Kier molecular flexibility index (Phi) is 8.26. The number of nitrogens with zero attached hydrogens (tertiary/aromatic N) is 2. The average Bonchev–Trinajstić information content (AvgIpc) is 3.25. The smallest absolute Gasteiger partial charge is 0.258 e. The molecule has 1 unspecified atom stereocenters. The highest BCUT2D eigenvalue weighted by atomic mass is 16.5. The van der Waals surface area contributed by atoms with Crippen molar-refractivity contribution in [3.8, 4) is 11.5 Å². The van der Waals surface area contributed by atoms with E-state index in [2.05, 4.69) is 35.9 Å². The maximum absolute atomic E-state index is 12.5. The molecule has 0 saturated heterocycles. The maximum atomic E-state index is 12.5. The molecule has 0 fully saturated rings. The highest BCUT2D eigenvalue weighted by Crippen LogP contribution is 2.22. The van der Waals surface area contributed by atoms with E-state index < -0.39 is 0 Å². The van der Waals surface area contributed by atoms with Crippen LogP contribution in [0.5, 0.6) is 11.5 Å². The number of aryl methyl sites for hydroxylation is 2. The van der Waals surface area contributed by atoms with Gasteiger partial charge in [-0.25, -0.2) is 4.98 Å². The van der Waals surface area contributed by atoms with Crippen molar-refractivity contribution in [3.63, 3.8) is 0 Å². The summed E-state index contributed by atoms with van der Waals surface area (Å²) in [5.41, 5.74) is 5.34. The van der Waals surface area contributed by atoms with Crippen LogP contribution >= 0.6 is 0 Å². The first-order chi connectivity index (χ1) is 17.4. The Morgan fingerprint density at radius 2 is 1.81 bits per heavy atom. The van der Waals surface area contributed by atoms with Crippen LogP contribution in [-0.4, -0.2) is 28.7 Å². The molecule has 1 N–H and O–H groups in total. The summed E-state index contributed by atoms with van der Waals surface area (Å²) in [5, 5.41) is 2.95. The third-order valence-corrected chi connectivity index (χ3v) is 6.52. The Bertz CT molecular complexity index is 1310. The third-order valence-electron chi connectivity index (χ3n) is 6.52. The first-order valence-corrected chi connectivity index (χ1v) is 12.6. The molecule has 1 aromatic heterocycles. The van der Waals surface area contributed by atoms with Crippen LogP contribution in [0.25, 0.3) is 11.0 Å². The van der Waals surface area contributed by atoms with Crippen LogP contribution in [-0.2, 0) is 17.9 Å². The number of para-hydroxylation sites is 2. The van der Waals surface area contributed by atoms with Crippen molar-refractivity contribution in [2.75, 3.05) is 13.2 Å².